The first-order valence-electron chi connectivity index (χ1n) is 4.87. The van der Waals surface area contributed by atoms with E-state index < -0.39 is 0 Å². The molecule has 3 heteroatoms. The van der Waals surface area contributed by atoms with Crippen molar-refractivity contribution in [2.45, 2.75) is 10.6 Å². The van der Waals surface area contributed by atoms with Gasteiger partial charge in [-0.25, -0.2) is 4.39 Å². The van der Waals surface area contributed by atoms with Crippen molar-refractivity contribution in [3.63, 3.8) is 0 Å². The summed E-state index contributed by atoms with van der Waals surface area (Å²) in [5, 5.41) is 0. The van der Waals surface area contributed by atoms with Crippen LogP contribution in [0.5, 0.6) is 0 Å². The van der Waals surface area contributed by atoms with Gasteiger partial charge in [-0.05, 0) is 29.8 Å². The lowest BCUT2D eigenvalue weighted by Crippen LogP contribution is -1.83. The van der Waals surface area contributed by atoms with E-state index in [0.717, 1.165) is 10.2 Å². The monoisotopic (exact) mass is 296 g/mol. The minimum atomic E-state index is -0.150. The number of hydrogen-bond donors (Lipinski definition) is 0. The van der Waals surface area contributed by atoms with Crippen molar-refractivity contribution >= 4 is 27.7 Å². The predicted octanol–water partition coefficient (Wildman–Crippen LogP) is 4.88. The molecular weight excluding hydrogens is 287 g/mol. The van der Waals surface area contributed by atoms with Crippen LogP contribution in [0.15, 0.2) is 57.9 Å². The average molecular weight is 297 g/mol. The zero-order chi connectivity index (χ0) is 11.4. The van der Waals surface area contributed by atoms with Crippen molar-refractivity contribution in [2.24, 2.45) is 0 Å². The van der Waals surface area contributed by atoms with Gasteiger partial charge in [0, 0.05) is 15.1 Å². The SMILES string of the molecule is Fc1ccccc1SCc1cccc(Br)c1. The first-order valence-corrected chi connectivity index (χ1v) is 6.65. The summed E-state index contributed by atoms with van der Waals surface area (Å²) < 4.78 is 14.4. The summed E-state index contributed by atoms with van der Waals surface area (Å²) >= 11 is 4.93. The van der Waals surface area contributed by atoms with E-state index in [1.807, 2.05) is 30.3 Å². The molecule has 0 heterocycles. The van der Waals surface area contributed by atoms with Gasteiger partial charge < -0.3 is 0 Å². The molecule has 2 rings (SSSR count). The summed E-state index contributed by atoms with van der Waals surface area (Å²) in [6.45, 7) is 0. The Morgan fingerprint density at radius 2 is 1.88 bits per heavy atom. The molecule has 2 aromatic carbocycles. The zero-order valence-electron chi connectivity index (χ0n) is 8.49. The van der Waals surface area contributed by atoms with Gasteiger partial charge in [-0.2, -0.15) is 0 Å². The van der Waals surface area contributed by atoms with Crippen LogP contribution in [0.3, 0.4) is 0 Å². The Morgan fingerprint density at radius 3 is 2.62 bits per heavy atom. The van der Waals surface area contributed by atoms with E-state index in [1.165, 1.54) is 23.4 Å². The number of halogens is 2. The minimum Gasteiger partial charge on any atom is -0.206 e. The van der Waals surface area contributed by atoms with E-state index >= 15 is 0 Å². The van der Waals surface area contributed by atoms with E-state index in [9.17, 15) is 4.39 Å². The lowest BCUT2D eigenvalue weighted by molar-refractivity contribution is 0.602. The molecule has 0 spiro atoms. The minimum absolute atomic E-state index is 0.150. The Hall–Kier alpha value is -0.800. The van der Waals surface area contributed by atoms with Crippen LogP contribution in [-0.4, -0.2) is 0 Å². The third-order valence-corrected chi connectivity index (χ3v) is 3.73. The summed E-state index contributed by atoms with van der Waals surface area (Å²) in [7, 11) is 0. The lowest BCUT2D eigenvalue weighted by Gasteiger charge is -2.03. The molecule has 0 aromatic heterocycles. The third-order valence-electron chi connectivity index (χ3n) is 2.12. The number of rotatable bonds is 3. The highest BCUT2D eigenvalue weighted by Gasteiger charge is 2.01. The molecule has 82 valence electrons. The molecule has 0 saturated carbocycles. The summed E-state index contributed by atoms with van der Waals surface area (Å²) in [5.41, 5.74) is 1.18. The van der Waals surface area contributed by atoms with Crippen molar-refractivity contribution in [2.75, 3.05) is 0 Å². The molecule has 0 unspecified atom stereocenters. The maximum absolute atomic E-state index is 13.3. The van der Waals surface area contributed by atoms with E-state index in [4.69, 9.17) is 0 Å². The largest absolute Gasteiger partial charge is 0.206 e. The van der Waals surface area contributed by atoms with E-state index in [1.54, 1.807) is 12.1 Å². The van der Waals surface area contributed by atoms with Crippen LogP contribution >= 0.6 is 27.7 Å². The second-order valence-corrected chi connectivity index (χ2v) is 5.28. The van der Waals surface area contributed by atoms with Gasteiger partial charge in [0.25, 0.3) is 0 Å². The normalized spacial score (nSPS) is 10.4. The molecule has 2 aromatic rings. The van der Waals surface area contributed by atoms with E-state index in [2.05, 4.69) is 15.9 Å². The maximum Gasteiger partial charge on any atom is 0.136 e. The summed E-state index contributed by atoms with van der Waals surface area (Å²) in [6.07, 6.45) is 0. The molecule has 0 bridgehead atoms. The van der Waals surface area contributed by atoms with Gasteiger partial charge in [0.05, 0.1) is 0 Å². The van der Waals surface area contributed by atoms with Gasteiger partial charge in [-0.15, -0.1) is 11.8 Å². The number of hydrogen-bond acceptors (Lipinski definition) is 1. The fraction of sp³-hybridized carbons (Fsp3) is 0.0769. The Kier molecular flexibility index (Phi) is 4.02. The van der Waals surface area contributed by atoms with Crippen molar-refractivity contribution in [3.8, 4) is 0 Å². The van der Waals surface area contributed by atoms with Gasteiger partial charge in [-0.1, -0.05) is 40.2 Å². The molecule has 0 fully saturated rings. The van der Waals surface area contributed by atoms with Crippen LogP contribution in [0.4, 0.5) is 4.39 Å². The van der Waals surface area contributed by atoms with Crippen molar-refractivity contribution in [1.82, 2.24) is 0 Å². The van der Waals surface area contributed by atoms with E-state index in [0.29, 0.717) is 4.90 Å². The van der Waals surface area contributed by atoms with Gasteiger partial charge >= 0.3 is 0 Å². The molecule has 0 nitrogen and oxygen atoms in total. The Morgan fingerprint density at radius 1 is 1.06 bits per heavy atom. The molecule has 0 radical (unpaired) electrons. The Bertz CT molecular complexity index is 485. The van der Waals surface area contributed by atoms with Gasteiger partial charge in [0.2, 0.25) is 0 Å². The maximum atomic E-state index is 13.3. The quantitative estimate of drug-likeness (QED) is 0.728. The van der Waals surface area contributed by atoms with Crippen LogP contribution in [0.1, 0.15) is 5.56 Å². The van der Waals surface area contributed by atoms with Crippen LogP contribution in [0.2, 0.25) is 0 Å². The van der Waals surface area contributed by atoms with Crippen LogP contribution < -0.4 is 0 Å². The molecule has 0 N–H and O–H groups in total. The molecule has 0 aliphatic heterocycles. The van der Waals surface area contributed by atoms with Crippen molar-refractivity contribution in [3.05, 3.63) is 64.4 Å². The fourth-order valence-electron chi connectivity index (χ4n) is 1.35. The van der Waals surface area contributed by atoms with Crippen LogP contribution in [0.25, 0.3) is 0 Å². The Labute approximate surface area is 107 Å². The molecule has 0 amide bonds. The van der Waals surface area contributed by atoms with E-state index in [-0.39, 0.29) is 5.82 Å². The first-order chi connectivity index (χ1) is 7.75. The summed E-state index contributed by atoms with van der Waals surface area (Å²) in [5.74, 6) is 0.628. The molecule has 0 aliphatic rings. The fourth-order valence-corrected chi connectivity index (χ4v) is 2.68. The highest BCUT2D eigenvalue weighted by atomic mass is 79.9. The molecule has 0 aliphatic carbocycles. The lowest BCUT2D eigenvalue weighted by atomic mass is 10.2. The molecular formula is C13H10BrFS. The highest BCUT2D eigenvalue weighted by Crippen LogP contribution is 2.26. The predicted molar refractivity (Wildman–Crippen MR) is 70.1 cm³/mol. The summed E-state index contributed by atoms with van der Waals surface area (Å²) in [6, 6.07) is 14.9. The molecule has 0 atom stereocenters. The second-order valence-electron chi connectivity index (χ2n) is 3.35. The first kappa shape index (κ1) is 11.7. The summed E-state index contributed by atoms with van der Waals surface area (Å²) in [4.78, 5) is 0.697. The standard InChI is InChI=1S/C13H10BrFS/c14-11-5-3-4-10(8-11)9-16-13-7-2-1-6-12(13)15/h1-8H,9H2. The zero-order valence-corrected chi connectivity index (χ0v) is 10.9. The second kappa shape index (κ2) is 5.51. The van der Waals surface area contributed by atoms with Crippen molar-refractivity contribution in [1.29, 1.82) is 0 Å². The van der Waals surface area contributed by atoms with Gasteiger partial charge in [0.1, 0.15) is 5.82 Å². The highest BCUT2D eigenvalue weighted by molar-refractivity contribution is 9.10. The van der Waals surface area contributed by atoms with Crippen LogP contribution in [-0.2, 0) is 5.75 Å². The smallest absolute Gasteiger partial charge is 0.136 e. The van der Waals surface area contributed by atoms with Crippen LogP contribution in [0, 0.1) is 5.82 Å². The number of thioether (sulfide) groups is 1. The number of benzene rings is 2. The molecule has 16 heavy (non-hydrogen) atoms. The van der Waals surface area contributed by atoms with Gasteiger partial charge in [0.15, 0.2) is 0 Å². The third kappa shape index (κ3) is 3.09. The van der Waals surface area contributed by atoms with Crippen molar-refractivity contribution < 1.29 is 4.39 Å². The topological polar surface area (TPSA) is 0 Å². The van der Waals surface area contributed by atoms with Gasteiger partial charge in [-0.3, -0.25) is 0 Å². The Balaban J connectivity index is 2.05. The average Bonchev–Trinajstić information content (AvgIpc) is 2.28. The molecule has 0 saturated heterocycles.